The molecule has 0 aliphatic carbocycles. The van der Waals surface area contributed by atoms with Crippen LogP contribution in [0, 0.1) is 0 Å². The number of piperazine rings is 1. The van der Waals surface area contributed by atoms with E-state index < -0.39 is 0 Å². The van der Waals surface area contributed by atoms with E-state index in [1.165, 1.54) is 0 Å². The van der Waals surface area contributed by atoms with E-state index in [-0.39, 0.29) is 5.91 Å². The lowest BCUT2D eigenvalue weighted by Gasteiger charge is -2.39. The Morgan fingerprint density at radius 2 is 2.20 bits per heavy atom. The highest BCUT2D eigenvalue weighted by Crippen LogP contribution is 2.13. The Balaban J connectivity index is 2.06. The van der Waals surface area contributed by atoms with Gasteiger partial charge in [0.05, 0.1) is 0 Å². The standard InChI is InChI=1S/C15H24N4O/c1-4-16-14-8-6-7-13(17-14)15(20)19-10-9-18(5-2)12(3)11-19/h6-8,12H,4-5,9-11H2,1-3H3,(H,16,17). The van der Waals surface area contributed by atoms with E-state index in [4.69, 9.17) is 0 Å². The average molecular weight is 276 g/mol. The molecule has 1 unspecified atom stereocenters. The van der Waals surface area contributed by atoms with Crippen molar-refractivity contribution in [1.29, 1.82) is 0 Å². The number of carbonyl (C=O) groups is 1. The van der Waals surface area contributed by atoms with Crippen molar-refractivity contribution in [2.75, 3.05) is 38.0 Å². The highest BCUT2D eigenvalue weighted by atomic mass is 16.2. The predicted molar refractivity (Wildman–Crippen MR) is 81.0 cm³/mol. The summed E-state index contributed by atoms with van der Waals surface area (Å²) in [6.07, 6.45) is 0. The van der Waals surface area contributed by atoms with Gasteiger partial charge in [0.15, 0.2) is 0 Å². The Morgan fingerprint density at radius 3 is 2.85 bits per heavy atom. The second-order valence-electron chi connectivity index (χ2n) is 5.17. The number of nitrogens with one attached hydrogen (secondary N) is 1. The van der Waals surface area contributed by atoms with Gasteiger partial charge in [0.25, 0.3) is 5.91 Å². The highest BCUT2D eigenvalue weighted by molar-refractivity contribution is 5.92. The van der Waals surface area contributed by atoms with E-state index in [0.717, 1.165) is 38.5 Å². The Kier molecular flexibility index (Phi) is 4.95. The summed E-state index contributed by atoms with van der Waals surface area (Å²) in [6.45, 7) is 10.7. The fraction of sp³-hybridized carbons (Fsp3) is 0.600. The van der Waals surface area contributed by atoms with Crippen LogP contribution < -0.4 is 5.32 Å². The molecule has 1 atom stereocenters. The van der Waals surface area contributed by atoms with Crippen LogP contribution in [0.4, 0.5) is 5.82 Å². The maximum absolute atomic E-state index is 12.5. The van der Waals surface area contributed by atoms with Gasteiger partial charge < -0.3 is 10.2 Å². The minimum absolute atomic E-state index is 0.0346. The van der Waals surface area contributed by atoms with Gasteiger partial charge in [-0.25, -0.2) is 4.98 Å². The van der Waals surface area contributed by atoms with Gasteiger partial charge in [-0.15, -0.1) is 0 Å². The lowest BCUT2D eigenvalue weighted by molar-refractivity contribution is 0.0523. The van der Waals surface area contributed by atoms with Gasteiger partial charge in [-0.1, -0.05) is 13.0 Å². The molecule has 0 aromatic carbocycles. The lowest BCUT2D eigenvalue weighted by atomic mass is 10.1. The molecule has 1 aromatic heterocycles. The molecule has 20 heavy (non-hydrogen) atoms. The van der Waals surface area contributed by atoms with Crippen LogP contribution in [0.3, 0.4) is 0 Å². The van der Waals surface area contributed by atoms with Crippen molar-refractivity contribution >= 4 is 11.7 Å². The van der Waals surface area contributed by atoms with Crippen LogP contribution in [-0.2, 0) is 0 Å². The van der Waals surface area contributed by atoms with E-state index >= 15 is 0 Å². The smallest absolute Gasteiger partial charge is 0.272 e. The zero-order valence-corrected chi connectivity index (χ0v) is 12.6. The van der Waals surface area contributed by atoms with Crippen molar-refractivity contribution in [3.63, 3.8) is 0 Å². The van der Waals surface area contributed by atoms with Crippen molar-refractivity contribution in [2.45, 2.75) is 26.8 Å². The van der Waals surface area contributed by atoms with Gasteiger partial charge in [0.2, 0.25) is 0 Å². The summed E-state index contributed by atoms with van der Waals surface area (Å²) in [4.78, 5) is 21.2. The van der Waals surface area contributed by atoms with Crippen molar-refractivity contribution in [3.8, 4) is 0 Å². The number of pyridine rings is 1. The van der Waals surface area contributed by atoms with Crippen LogP contribution in [0.1, 0.15) is 31.3 Å². The number of nitrogens with zero attached hydrogens (tertiary/aromatic N) is 3. The number of anilines is 1. The average Bonchev–Trinajstić information content (AvgIpc) is 2.47. The lowest BCUT2D eigenvalue weighted by Crippen LogP contribution is -2.53. The Hall–Kier alpha value is -1.62. The largest absolute Gasteiger partial charge is 0.370 e. The van der Waals surface area contributed by atoms with E-state index in [9.17, 15) is 4.79 Å². The number of hydrogen-bond donors (Lipinski definition) is 1. The zero-order chi connectivity index (χ0) is 14.5. The summed E-state index contributed by atoms with van der Waals surface area (Å²) in [6, 6.07) is 5.97. The van der Waals surface area contributed by atoms with E-state index in [0.29, 0.717) is 11.7 Å². The van der Waals surface area contributed by atoms with E-state index in [1.807, 2.05) is 24.0 Å². The second-order valence-corrected chi connectivity index (χ2v) is 5.17. The predicted octanol–water partition coefficient (Wildman–Crippen LogP) is 1.68. The fourth-order valence-electron chi connectivity index (χ4n) is 2.64. The maximum Gasteiger partial charge on any atom is 0.272 e. The van der Waals surface area contributed by atoms with E-state index in [1.54, 1.807) is 6.07 Å². The molecule has 2 rings (SSSR count). The third-order valence-electron chi connectivity index (χ3n) is 3.78. The van der Waals surface area contributed by atoms with Gasteiger partial charge in [-0.3, -0.25) is 9.69 Å². The molecule has 5 heteroatoms. The molecule has 1 saturated heterocycles. The maximum atomic E-state index is 12.5. The van der Waals surface area contributed by atoms with Crippen LogP contribution in [0.2, 0.25) is 0 Å². The zero-order valence-electron chi connectivity index (χ0n) is 12.6. The molecule has 0 bridgehead atoms. The molecule has 5 nitrogen and oxygen atoms in total. The topological polar surface area (TPSA) is 48.5 Å². The van der Waals surface area contributed by atoms with Crippen LogP contribution in [-0.4, -0.2) is 59.5 Å². The summed E-state index contributed by atoms with van der Waals surface area (Å²) >= 11 is 0. The number of carbonyl (C=O) groups excluding carboxylic acids is 1. The summed E-state index contributed by atoms with van der Waals surface area (Å²) in [7, 11) is 0. The van der Waals surface area contributed by atoms with Crippen molar-refractivity contribution < 1.29 is 4.79 Å². The first-order valence-corrected chi connectivity index (χ1v) is 7.40. The third-order valence-corrected chi connectivity index (χ3v) is 3.78. The normalized spacial score (nSPS) is 19.9. The number of likely N-dealkylation sites (N-methyl/N-ethyl adjacent to an activating group) is 1. The Bertz CT molecular complexity index is 463. The number of rotatable bonds is 4. The molecular formula is C15H24N4O. The number of amides is 1. The van der Waals surface area contributed by atoms with Crippen molar-refractivity contribution in [1.82, 2.24) is 14.8 Å². The molecule has 1 amide bonds. The summed E-state index contributed by atoms with van der Waals surface area (Å²) < 4.78 is 0. The Labute approximate surface area is 121 Å². The summed E-state index contributed by atoms with van der Waals surface area (Å²) in [5.41, 5.74) is 0.528. The molecule has 1 aliphatic heterocycles. The van der Waals surface area contributed by atoms with E-state index in [2.05, 4.69) is 29.0 Å². The highest BCUT2D eigenvalue weighted by Gasteiger charge is 2.26. The van der Waals surface area contributed by atoms with Gasteiger partial charge in [-0.05, 0) is 32.5 Å². The third kappa shape index (κ3) is 3.28. The molecule has 1 fully saturated rings. The second kappa shape index (κ2) is 6.70. The number of hydrogen-bond acceptors (Lipinski definition) is 4. The Morgan fingerprint density at radius 1 is 1.40 bits per heavy atom. The van der Waals surface area contributed by atoms with Gasteiger partial charge in [0, 0.05) is 32.2 Å². The van der Waals surface area contributed by atoms with Crippen LogP contribution in [0.25, 0.3) is 0 Å². The molecule has 0 saturated carbocycles. The minimum atomic E-state index is 0.0346. The first-order valence-electron chi connectivity index (χ1n) is 7.40. The molecule has 1 N–H and O–H groups in total. The first-order chi connectivity index (χ1) is 9.65. The monoisotopic (exact) mass is 276 g/mol. The van der Waals surface area contributed by atoms with Gasteiger partial charge >= 0.3 is 0 Å². The summed E-state index contributed by atoms with van der Waals surface area (Å²) in [5.74, 6) is 0.797. The van der Waals surface area contributed by atoms with Crippen LogP contribution >= 0.6 is 0 Å². The molecule has 110 valence electrons. The quantitative estimate of drug-likeness (QED) is 0.909. The van der Waals surface area contributed by atoms with Crippen LogP contribution in [0.5, 0.6) is 0 Å². The molecule has 0 radical (unpaired) electrons. The summed E-state index contributed by atoms with van der Waals surface area (Å²) in [5, 5.41) is 3.14. The molecular weight excluding hydrogens is 252 g/mol. The minimum Gasteiger partial charge on any atom is -0.370 e. The molecule has 2 heterocycles. The van der Waals surface area contributed by atoms with Crippen molar-refractivity contribution in [2.24, 2.45) is 0 Å². The van der Waals surface area contributed by atoms with Gasteiger partial charge in [-0.2, -0.15) is 0 Å². The van der Waals surface area contributed by atoms with Gasteiger partial charge in [0.1, 0.15) is 11.5 Å². The first kappa shape index (κ1) is 14.8. The van der Waals surface area contributed by atoms with Crippen LogP contribution in [0.15, 0.2) is 18.2 Å². The van der Waals surface area contributed by atoms with Crippen molar-refractivity contribution in [3.05, 3.63) is 23.9 Å². The molecule has 1 aliphatic rings. The molecule has 1 aromatic rings. The number of aromatic nitrogens is 1. The molecule has 0 spiro atoms. The fourth-order valence-corrected chi connectivity index (χ4v) is 2.64. The SMILES string of the molecule is CCNc1cccc(C(=O)N2CCN(CC)C(C)C2)n1.